The van der Waals surface area contributed by atoms with E-state index in [4.69, 9.17) is 19.2 Å². The van der Waals surface area contributed by atoms with Gasteiger partial charge in [-0.15, -0.1) is 0 Å². The summed E-state index contributed by atoms with van der Waals surface area (Å²) in [5.41, 5.74) is 4.08. The molecule has 0 atom stereocenters. The van der Waals surface area contributed by atoms with Gasteiger partial charge in [-0.05, 0) is 29.8 Å². The van der Waals surface area contributed by atoms with Crippen LogP contribution in [0.4, 0.5) is 5.69 Å². The summed E-state index contributed by atoms with van der Waals surface area (Å²) >= 11 is 0. The molecular formula is C21H23NO3. The minimum Gasteiger partial charge on any atom is -0.496 e. The van der Waals surface area contributed by atoms with Crippen LogP contribution in [0.1, 0.15) is 25.0 Å². The fourth-order valence-corrected chi connectivity index (χ4v) is 3.10. The number of benzene rings is 2. The van der Waals surface area contributed by atoms with Gasteiger partial charge >= 0.3 is 0 Å². The molecule has 1 aliphatic heterocycles. The van der Waals surface area contributed by atoms with E-state index in [0.29, 0.717) is 11.5 Å². The Morgan fingerprint density at radius 1 is 0.840 bits per heavy atom. The van der Waals surface area contributed by atoms with Crippen molar-refractivity contribution in [1.29, 1.82) is 0 Å². The molecule has 0 N–H and O–H groups in total. The summed E-state index contributed by atoms with van der Waals surface area (Å²) in [6.45, 7) is 4.38. The number of methoxy groups -OCH3 is 3. The molecule has 25 heavy (non-hydrogen) atoms. The predicted octanol–water partition coefficient (Wildman–Crippen LogP) is 4.79. The number of aliphatic imine (C=N–C) groups is 1. The summed E-state index contributed by atoms with van der Waals surface area (Å²) < 4.78 is 16.2. The zero-order chi connectivity index (χ0) is 18.0. The third-order valence-corrected chi connectivity index (χ3v) is 4.62. The first kappa shape index (κ1) is 17.1. The number of ether oxygens (including phenoxy) is 3. The Morgan fingerprint density at radius 3 is 2.12 bits per heavy atom. The highest BCUT2D eigenvalue weighted by atomic mass is 16.5. The fourth-order valence-electron chi connectivity index (χ4n) is 3.10. The summed E-state index contributed by atoms with van der Waals surface area (Å²) in [5.74, 6) is 2.03. The normalized spacial score (nSPS) is 15.0. The van der Waals surface area contributed by atoms with Crippen molar-refractivity contribution in [3.8, 4) is 17.2 Å². The molecule has 4 heteroatoms. The molecule has 4 nitrogen and oxygen atoms in total. The molecule has 0 aromatic heterocycles. The van der Waals surface area contributed by atoms with Crippen LogP contribution in [0.3, 0.4) is 0 Å². The Balaban J connectivity index is 1.98. The largest absolute Gasteiger partial charge is 0.496 e. The fraction of sp³-hybridized carbons (Fsp3) is 0.286. The maximum Gasteiger partial charge on any atom is 0.164 e. The van der Waals surface area contributed by atoms with E-state index in [-0.39, 0.29) is 5.41 Å². The zero-order valence-electron chi connectivity index (χ0n) is 15.3. The van der Waals surface area contributed by atoms with Crippen molar-refractivity contribution in [1.82, 2.24) is 0 Å². The van der Waals surface area contributed by atoms with Crippen LogP contribution in [-0.4, -0.2) is 27.0 Å². The van der Waals surface area contributed by atoms with Gasteiger partial charge in [0, 0.05) is 17.0 Å². The van der Waals surface area contributed by atoms with E-state index in [9.17, 15) is 0 Å². The molecule has 0 aliphatic carbocycles. The number of rotatable bonds is 5. The lowest BCUT2D eigenvalue weighted by atomic mass is 9.81. The molecule has 1 heterocycles. The molecule has 0 saturated carbocycles. The van der Waals surface area contributed by atoms with E-state index in [1.807, 2.05) is 30.4 Å². The second-order valence-electron chi connectivity index (χ2n) is 6.42. The van der Waals surface area contributed by atoms with Crippen LogP contribution < -0.4 is 14.2 Å². The second kappa shape index (κ2) is 6.63. The number of fused-ring (bicyclic) bond motifs is 1. The molecule has 1 aliphatic rings. The van der Waals surface area contributed by atoms with Crippen LogP contribution in [-0.2, 0) is 5.41 Å². The first-order chi connectivity index (χ1) is 12.0. The van der Waals surface area contributed by atoms with Gasteiger partial charge in [0.2, 0.25) is 0 Å². The van der Waals surface area contributed by atoms with Gasteiger partial charge in [0.1, 0.15) is 5.75 Å². The van der Waals surface area contributed by atoms with Gasteiger partial charge in [-0.1, -0.05) is 32.0 Å². The van der Waals surface area contributed by atoms with Crippen LogP contribution in [0.15, 0.2) is 47.5 Å². The molecule has 2 aromatic rings. The number of para-hydroxylation sites is 1. The highest BCUT2D eigenvalue weighted by molar-refractivity contribution is 6.10. The van der Waals surface area contributed by atoms with E-state index >= 15 is 0 Å². The SMILES string of the molecule is COc1cc(OC)c(OC)cc1/C=C/C1=Nc2ccccc2C1(C)C. The quantitative estimate of drug-likeness (QED) is 0.787. The van der Waals surface area contributed by atoms with Crippen molar-refractivity contribution in [2.24, 2.45) is 4.99 Å². The first-order valence-electron chi connectivity index (χ1n) is 8.18. The summed E-state index contributed by atoms with van der Waals surface area (Å²) in [6.07, 6.45) is 4.05. The average Bonchev–Trinajstić information content (AvgIpc) is 2.89. The van der Waals surface area contributed by atoms with Crippen molar-refractivity contribution >= 4 is 17.5 Å². The number of nitrogens with zero attached hydrogens (tertiary/aromatic N) is 1. The van der Waals surface area contributed by atoms with E-state index in [1.54, 1.807) is 21.3 Å². The Hall–Kier alpha value is -2.75. The zero-order valence-corrected chi connectivity index (χ0v) is 15.3. The third kappa shape index (κ3) is 3.00. The highest BCUT2D eigenvalue weighted by Crippen LogP contribution is 2.41. The van der Waals surface area contributed by atoms with Crippen LogP contribution in [0.2, 0.25) is 0 Å². The van der Waals surface area contributed by atoms with Gasteiger partial charge < -0.3 is 14.2 Å². The van der Waals surface area contributed by atoms with Gasteiger partial charge in [-0.25, -0.2) is 0 Å². The van der Waals surface area contributed by atoms with Gasteiger partial charge in [-0.2, -0.15) is 0 Å². The van der Waals surface area contributed by atoms with E-state index in [2.05, 4.69) is 32.0 Å². The second-order valence-corrected chi connectivity index (χ2v) is 6.42. The maximum atomic E-state index is 5.49. The maximum absolute atomic E-state index is 5.49. The Morgan fingerprint density at radius 2 is 1.48 bits per heavy atom. The van der Waals surface area contributed by atoms with Gasteiger partial charge in [0.25, 0.3) is 0 Å². The standard InChI is InChI=1S/C21H23NO3/c1-21(2)15-8-6-7-9-16(15)22-20(21)11-10-14-12-18(24-4)19(25-5)13-17(14)23-3/h6-13H,1-5H3/b11-10+. The molecule has 0 fully saturated rings. The molecule has 0 amide bonds. The van der Waals surface area contributed by atoms with Crippen LogP contribution in [0, 0.1) is 0 Å². The van der Waals surface area contributed by atoms with E-state index in [1.165, 1.54) is 5.56 Å². The Kier molecular flexibility index (Phi) is 4.53. The molecule has 0 unspecified atom stereocenters. The van der Waals surface area contributed by atoms with Gasteiger partial charge in [-0.3, -0.25) is 4.99 Å². The highest BCUT2D eigenvalue weighted by Gasteiger charge is 2.32. The number of hydrogen-bond donors (Lipinski definition) is 0. The van der Waals surface area contributed by atoms with Crippen molar-refractivity contribution in [2.75, 3.05) is 21.3 Å². The summed E-state index contributed by atoms with van der Waals surface area (Å²) in [7, 11) is 4.88. The summed E-state index contributed by atoms with van der Waals surface area (Å²) in [5, 5.41) is 0. The predicted molar refractivity (Wildman–Crippen MR) is 102 cm³/mol. The Bertz CT molecular complexity index is 850. The first-order valence-corrected chi connectivity index (χ1v) is 8.18. The lowest BCUT2D eigenvalue weighted by Crippen LogP contribution is -2.23. The Labute approximate surface area is 148 Å². The smallest absolute Gasteiger partial charge is 0.164 e. The molecular weight excluding hydrogens is 314 g/mol. The molecule has 0 saturated heterocycles. The summed E-state index contributed by atoms with van der Waals surface area (Å²) in [4.78, 5) is 4.78. The minimum atomic E-state index is -0.128. The molecule has 3 rings (SSSR count). The minimum absolute atomic E-state index is 0.128. The average molecular weight is 337 g/mol. The topological polar surface area (TPSA) is 40.0 Å². The molecule has 130 valence electrons. The monoisotopic (exact) mass is 337 g/mol. The molecule has 2 aromatic carbocycles. The van der Waals surface area contributed by atoms with Gasteiger partial charge in [0.05, 0.1) is 32.7 Å². The van der Waals surface area contributed by atoms with Gasteiger partial charge in [0.15, 0.2) is 11.5 Å². The third-order valence-electron chi connectivity index (χ3n) is 4.62. The lowest BCUT2D eigenvalue weighted by Gasteiger charge is -2.20. The van der Waals surface area contributed by atoms with Crippen LogP contribution in [0.5, 0.6) is 17.2 Å². The van der Waals surface area contributed by atoms with Crippen LogP contribution in [0.25, 0.3) is 6.08 Å². The van der Waals surface area contributed by atoms with E-state index in [0.717, 1.165) is 22.7 Å². The number of allylic oxidation sites excluding steroid dienone is 1. The van der Waals surface area contributed by atoms with E-state index < -0.39 is 0 Å². The van der Waals surface area contributed by atoms with Crippen LogP contribution >= 0.6 is 0 Å². The van der Waals surface area contributed by atoms with Crippen molar-refractivity contribution < 1.29 is 14.2 Å². The molecule has 0 radical (unpaired) electrons. The van der Waals surface area contributed by atoms with Crippen molar-refractivity contribution in [3.63, 3.8) is 0 Å². The molecule has 0 spiro atoms. The number of hydrogen-bond acceptors (Lipinski definition) is 4. The summed E-state index contributed by atoms with van der Waals surface area (Å²) in [6, 6.07) is 12.0. The lowest BCUT2D eigenvalue weighted by molar-refractivity contribution is 0.348. The van der Waals surface area contributed by atoms with Crippen molar-refractivity contribution in [3.05, 3.63) is 53.6 Å². The van der Waals surface area contributed by atoms with Crippen molar-refractivity contribution in [2.45, 2.75) is 19.3 Å². The molecule has 0 bridgehead atoms.